The fraction of sp³-hybridized carbons (Fsp3) is 0.538. The number of rotatable bonds is 1. The number of aryl methyl sites for hydroxylation is 1. The van der Waals surface area contributed by atoms with Crippen molar-refractivity contribution in [3.8, 4) is 0 Å². The first-order valence-corrected chi connectivity index (χ1v) is 6.95. The zero-order chi connectivity index (χ0) is 14.7. The van der Waals surface area contributed by atoms with Crippen molar-refractivity contribution >= 4 is 29.8 Å². The average Bonchev–Trinajstić information content (AvgIpc) is 2.77. The molecule has 0 atom stereocenters. The minimum absolute atomic E-state index is 0.374. The van der Waals surface area contributed by atoms with E-state index in [0.717, 1.165) is 11.2 Å². The lowest BCUT2D eigenvalue weighted by atomic mass is 9.79. The van der Waals surface area contributed by atoms with E-state index in [-0.39, 0.29) is 11.2 Å². The maximum Gasteiger partial charge on any atom is 0.498 e. The van der Waals surface area contributed by atoms with Gasteiger partial charge in [-0.15, -0.1) is 0 Å². The van der Waals surface area contributed by atoms with Gasteiger partial charge in [0.05, 0.1) is 17.4 Å². The van der Waals surface area contributed by atoms with E-state index in [0.29, 0.717) is 10.7 Å². The Morgan fingerprint density at radius 3 is 2.40 bits per heavy atom. The Hall–Kier alpha value is -1.11. The second-order valence-corrected chi connectivity index (χ2v) is 6.54. The van der Waals surface area contributed by atoms with Crippen molar-refractivity contribution < 1.29 is 9.31 Å². The van der Waals surface area contributed by atoms with Gasteiger partial charge in [-0.25, -0.2) is 9.50 Å². The van der Waals surface area contributed by atoms with Gasteiger partial charge in [-0.2, -0.15) is 5.10 Å². The molecule has 3 heterocycles. The molecule has 1 saturated heterocycles. The first kappa shape index (κ1) is 13.9. The summed E-state index contributed by atoms with van der Waals surface area (Å²) in [7, 11) is -0.445. The molecule has 0 aliphatic carbocycles. The smallest absolute Gasteiger partial charge is 0.399 e. The predicted octanol–water partition coefficient (Wildman–Crippen LogP) is 1.99. The molecule has 106 valence electrons. The molecule has 2 aromatic heterocycles. The third-order valence-corrected chi connectivity index (χ3v) is 4.45. The minimum Gasteiger partial charge on any atom is -0.399 e. The van der Waals surface area contributed by atoms with E-state index in [2.05, 4.69) is 10.1 Å². The molecule has 0 amide bonds. The first-order chi connectivity index (χ1) is 9.21. The fourth-order valence-corrected chi connectivity index (χ4v) is 2.36. The van der Waals surface area contributed by atoms with Crippen LogP contribution < -0.4 is 5.46 Å². The molecular formula is C13H17BClN3O2. The molecule has 0 unspecified atom stereocenters. The standard InChI is InChI=1S/C13H17BClN3O2/c1-8-9(7-18-11(17-8)10(15)6-16-18)14-19-12(2,3)13(4,5)20-14/h6-7H,1-5H3. The number of aromatic nitrogens is 3. The quantitative estimate of drug-likeness (QED) is 0.755. The number of hydrogen-bond acceptors (Lipinski definition) is 4. The average molecular weight is 294 g/mol. The second kappa shape index (κ2) is 4.19. The Kier molecular flexibility index (Phi) is 2.91. The van der Waals surface area contributed by atoms with Crippen LogP contribution in [0.1, 0.15) is 33.4 Å². The highest BCUT2D eigenvalue weighted by atomic mass is 35.5. The summed E-state index contributed by atoms with van der Waals surface area (Å²) in [4.78, 5) is 4.48. The molecule has 0 aromatic carbocycles. The van der Waals surface area contributed by atoms with Crippen LogP contribution >= 0.6 is 11.6 Å². The summed E-state index contributed by atoms with van der Waals surface area (Å²) in [6.07, 6.45) is 3.45. The highest BCUT2D eigenvalue weighted by Crippen LogP contribution is 2.36. The highest BCUT2D eigenvalue weighted by Gasteiger charge is 2.52. The Bertz CT molecular complexity index is 668. The monoisotopic (exact) mass is 293 g/mol. The largest absolute Gasteiger partial charge is 0.498 e. The lowest BCUT2D eigenvalue weighted by Crippen LogP contribution is -2.41. The molecule has 0 radical (unpaired) electrons. The number of fused-ring (bicyclic) bond motifs is 1. The summed E-state index contributed by atoms with van der Waals surface area (Å²) in [5.41, 5.74) is 1.60. The summed E-state index contributed by atoms with van der Waals surface area (Å²) in [5, 5.41) is 4.71. The second-order valence-electron chi connectivity index (χ2n) is 6.13. The van der Waals surface area contributed by atoms with Gasteiger partial charge in [0.1, 0.15) is 5.02 Å². The van der Waals surface area contributed by atoms with Crippen LogP contribution in [0, 0.1) is 6.92 Å². The molecule has 1 aliphatic heterocycles. The van der Waals surface area contributed by atoms with Crippen LogP contribution in [0.3, 0.4) is 0 Å². The van der Waals surface area contributed by atoms with Gasteiger partial charge in [-0.05, 0) is 34.6 Å². The molecular weight excluding hydrogens is 276 g/mol. The first-order valence-electron chi connectivity index (χ1n) is 6.57. The van der Waals surface area contributed by atoms with Crippen molar-refractivity contribution in [1.29, 1.82) is 0 Å². The molecule has 0 saturated carbocycles. The Morgan fingerprint density at radius 2 is 1.80 bits per heavy atom. The van der Waals surface area contributed by atoms with Crippen LogP contribution in [-0.4, -0.2) is 32.9 Å². The molecule has 2 aromatic rings. The zero-order valence-electron chi connectivity index (χ0n) is 12.3. The van der Waals surface area contributed by atoms with Crippen LogP contribution in [0.25, 0.3) is 5.65 Å². The van der Waals surface area contributed by atoms with E-state index in [1.165, 1.54) is 0 Å². The predicted molar refractivity (Wildman–Crippen MR) is 78.5 cm³/mol. The molecule has 0 N–H and O–H groups in total. The zero-order valence-corrected chi connectivity index (χ0v) is 13.0. The van der Waals surface area contributed by atoms with Gasteiger partial charge in [-0.3, -0.25) is 0 Å². The third kappa shape index (κ3) is 1.94. The van der Waals surface area contributed by atoms with E-state index >= 15 is 0 Å². The molecule has 3 rings (SSSR count). The van der Waals surface area contributed by atoms with Crippen molar-refractivity contribution in [3.05, 3.63) is 23.1 Å². The SMILES string of the molecule is Cc1nc2c(Cl)cnn2cc1B1OC(C)(C)C(C)(C)O1. The van der Waals surface area contributed by atoms with Crippen molar-refractivity contribution in [2.24, 2.45) is 0 Å². The van der Waals surface area contributed by atoms with Crippen LogP contribution in [0.4, 0.5) is 0 Å². The molecule has 1 aliphatic rings. The summed E-state index contributed by atoms with van der Waals surface area (Å²) < 4.78 is 13.7. The van der Waals surface area contributed by atoms with Gasteiger partial charge in [0.15, 0.2) is 5.65 Å². The normalized spacial score (nSPS) is 20.8. The lowest BCUT2D eigenvalue weighted by molar-refractivity contribution is 0.00578. The Labute approximate surface area is 123 Å². The maximum absolute atomic E-state index is 6.05. The number of nitrogens with zero attached hydrogens (tertiary/aromatic N) is 3. The van der Waals surface area contributed by atoms with Crippen LogP contribution in [-0.2, 0) is 9.31 Å². The molecule has 0 spiro atoms. The topological polar surface area (TPSA) is 48.7 Å². The van der Waals surface area contributed by atoms with Crippen LogP contribution in [0.15, 0.2) is 12.4 Å². The van der Waals surface area contributed by atoms with E-state index in [1.807, 2.05) is 40.8 Å². The van der Waals surface area contributed by atoms with Gasteiger partial charge in [-0.1, -0.05) is 11.6 Å². The molecule has 0 bridgehead atoms. The Morgan fingerprint density at radius 1 is 1.20 bits per heavy atom. The summed E-state index contributed by atoms with van der Waals surface area (Å²) in [6.45, 7) is 10.0. The van der Waals surface area contributed by atoms with E-state index in [4.69, 9.17) is 20.9 Å². The molecule has 5 nitrogen and oxygen atoms in total. The highest BCUT2D eigenvalue weighted by molar-refractivity contribution is 6.62. The fourth-order valence-electron chi connectivity index (χ4n) is 2.18. The number of halogens is 1. The van der Waals surface area contributed by atoms with Crippen LogP contribution in [0.5, 0.6) is 0 Å². The summed E-state index contributed by atoms with van der Waals surface area (Å²) in [6, 6.07) is 0. The van der Waals surface area contributed by atoms with Gasteiger partial charge in [0, 0.05) is 17.4 Å². The third-order valence-electron chi connectivity index (χ3n) is 4.19. The summed E-state index contributed by atoms with van der Waals surface area (Å²) in [5.74, 6) is 0. The maximum atomic E-state index is 6.05. The van der Waals surface area contributed by atoms with E-state index < -0.39 is 7.12 Å². The lowest BCUT2D eigenvalue weighted by Gasteiger charge is -2.32. The molecule has 1 fully saturated rings. The Balaban J connectivity index is 2.05. The number of hydrogen-bond donors (Lipinski definition) is 0. The van der Waals surface area contributed by atoms with E-state index in [9.17, 15) is 0 Å². The minimum atomic E-state index is -0.445. The van der Waals surface area contributed by atoms with Gasteiger partial charge >= 0.3 is 7.12 Å². The van der Waals surface area contributed by atoms with Gasteiger partial charge in [0.2, 0.25) is 0 Å². The van der Waals surface area contributed by atoms with Crippen molar-refractivity contribution in [2.45, 2.75) is 45.8 Å². The van der Waals surface area contributed by atoms with Crippen molar-refractivity contribution in [2.75, 3.05) is 0 Å². The molecule has 20 heavy (non-hydrogen) atoms. The summed E-state index contributed by atoms with van der Waals surface area (Å²) >= 11 is 6.04. The van der Waals surface area contributed by atoms with Gasteiger partial charge < -0.3 is 9.31 Å². The van der Waals surface area contributed by atoms with Crippen LogP contribution in [0.2, 0.25) is 5.02 Å². The van der Waals surface area contributed by atoms with E-state index in [1.54, 1.807) is 10.7 Å². The molecule has 7 heteroatoms. The van der Waals surface area contributed by atoms with Gasteiger partial charge in [0.25, 0.3) is 0 Å². The van der Waals surface area contributed by atoms with Crippen molar-refractivity contribution in [3.63, 3.8) is 0 Å². The van der Waals surface area contributed by atoms with Crippen molar-refractivity contribution in [1.82, 2.24) is 14.6 Å².